The lowest BCUT2D eigenvalue weighted by atomic mass is 10.1. The molecule has 0 fully saturated rings. The smallest absolute Gasteiger partial charge is 0.317 e. The monoisotopic (exact) mass is 203 g/mol. The fourth-order valence-electron chi connectivity index (χ4n) is 1.46. The molecule has 2 aromatic rings. The standard InChI is InChI=1S/C11H13N3O/c1-7(2)9-10-8(5-4-6-12-10)13-11(14-9)15-3/h4-7H,1-3H3. The van der Waals surface area contributed by atoms with Crippen LogP contribution in [0.25, 0.3) is 11.0 Å². The van der Waals surface area contributed by atoms with Gasteiger partial charge in [-0.15, -0.1) is 0 Å². The normalized spacial score (nSPS) is 10.9. The van der Waals surface area contributed by atoms with Gasteiger partial charge in [-0.2, -0.15) is 9.97 Å². The average molecular weight is 203 g/mol. The molecule has 0 radical (unpaired) electrons. The Kier molecular flexibility index (Phi) is 2.49. The van der Waals surface area contributed by atoms with Crippen LogP contribution in [0.3, 0.4) is 0 Å². The largest absolute Gasteiger partial charge is 0.467 e. The number of ether oxygens (including phenoxy) is 1. The first-order valence-electron chi connectivity index (χ1n) is 4.89. The lowest BCUT2D eigenvalue weighted by molar-refractivity contribution is 0.379. The fourth-order valence-corrected chi connectivity index (χ4v) is 1.46. The topological polar surface area (TPSA) is 47.9 Å². The van der Waals surface area contributed by atoms with Gasteiger partial charge in [0, 0.05) is 6.20 Å². The molecule has 2 rings (SSSR count). The Morgan fingerprint density at radius 1 is 1.27 bits per heavy atom. The van der Waals surface area contributed by atoms with Crippen molar-refractivity contribution in [3.63, 3.8) is 0 Å². The van der Waals surface area contributed by atoms with Crippen LogP contribution >= 0.6 is 0 Å². The predicted molar refractivity (Wildman–Crippen MR) is 58.0 cm³/mol. The first kappa shape index (κ1) is 9.83. The molecule has 15 heavy (non-hydrogen) atoms. The molecule has 2 aromatic heterocycles. The third-order valence-corrected chi connectivity index (χ3v) is 2.19. The van der Waals surface area contributed by atoms with Crippen LogP contribution in [-0.2, 0) is 0 Å². The molecule has 0 aliphatic heterocycles. The summed E-state index contributed by atoms with van der Waals surface area (Å²) in [7, 11) is 1.57. The maximum Gasteiger partial charge on any atom is 0.317 e. The molecule has 2 heterocycles. The average Bonchev–Trinajstić information content (AvgIpc) is 2.27. The van der Waals surface area contributed by atoms with Crippen molar-refractivity contribution in [1.82, 2.24) is 15.0 Å². The summed E-state index contributed by atoms with van der Waals surface area (Å²) in [5.41, 5.74) is 2.61. The lowest BCUT2D eigenvalue weighted by Crippen LogP contribution is -2.01. The summed E-state index contributed by atoms with van der Waals surface area (Å²) in [5, 5.41) is 0. The van der Waals surface area contributed by atoms with Gasteiger partial charge in [-0.3, -0.25) is 4.98 Å². The van der Waals surface area contributed by atoms with E-state index in [2.05, 4.69) is 28.8 Å². The maximum atomic E-state index is 5.06. The van der Waals surface area contributed by atoms with Gasteiger partial charge in [-0.05, 0) is 18.1 Å². The highest BCUT2D eigenvalue weighted by Gasteiger charge is 2.11. The van der Waals surface area contributed by atoms with E-state index in [4.69, 9.17) is 4.74 Å². The van der Waals surface area contributed by atoms with Crippen molar-refractivity contribution in [2.45, 2.75) is 19.8 Å². The van der Waals surface area contributed by atoms with Crippen molar-refractivity contribution in [2.75, 3.05) is 7.11 Å². The van der Waals surface area contributed by atoms with Crippen LogP contribution in [0, 0.1) is 0 Å². The van der Waals surface area contributed by atoms with Gasteiger partial charge in [-0.25, -0.2) is 0 Å². The van der Waals surface area contributed by atoms with Gasteiger partial charge in [0.05, 0.1) is 18.3 Å². The number of methoxy groups -OCH3 is 1. The van der Waals surface area contributed by atoms with Crippen LogP contribution in [0.1, 0.15) is 25.5 Å². The minimum absolute atomic E-state index is 0.305. The molecule has 0 amide bonds. The van der Waals surface area contributed by atoms with Crippen LogP contribution in [0.4, 0.5) is 0 Å². The summed E-state index contributed by atoms with van der Waals surface area (Å²) in [4.78, 5) is 12.9. The minimum Gasteiger partial charge on any atom is -0.467 e. The Balaban J connectivity index is 2.74. The highest BCUT2D eigenvalue weighted by molar-refractivity contribution is 5.76. The molecule has 4 heteroatoms. The molecule has 78 valence electrons. The highest BCUT2D eigenvalue weighted by Crippen LogP contribution is 2.22. The first-order valence-corrected chi connectivity index (χ1v) is 4.89. The third kappa shape index (κ3) is 1.75. The van der Waals surface area contributed by atoms with E-state index in [0.717, 1.165) is 16.7 Å². The molecule has 0 aromatic carbocycles. The van der Waals surface area contributed by atoms with Gasteiger partial charge in [0.25, 0.3) is 0 Å². The quantitative estimate of drug-likeness (QED) is 0.750. The molecule has 0 bridgehead atoms. The summed E-state index contributed by atoms with van der Waals surface area (Å²) in [6, 6.07) is 4.18. The number of fused-ring (bicyclic) bond motifs is 1. The summed E-state index contributed by atoms with van der Waals surface area (Å²) >= 11 is 0. The van der Waals surface area contributed by atoms with Crippen molar-refractivity contribution in [2.24, 2.45) is 0 Å². The zero-order valence-electron chi connectivity index (χ0n) is 9.06. The minimum atomic E-state index is 0.305. The van der Waals surface area contributed by atoms with Crippen LogP contribution in [-0.4, -0.2) is 22.1 Å². The van der Waals surface area contributed by atoms with Crippen LogP contribution < -0.4 is 4.74 Å². The molecule has 0 saturated carbocycles. The number of nitrogens with zero attached hydrogens (tertiary/aromatic N) is 3. The van der Waals surface area contributed by atoms with Crippen LogP contribution in [0.2, 0.25) is 0 Å². The lowest BCUT2D eigenvalue weighted by Gasteiger charge is -2.08. The molecule has 0 saturated heterocycles. The van der Waals surface area contributed by atoms with Crippen molar-refractivity contribution in [3.05, 3.63) is 24.0 Å². The first-order chi connectivity index (χ1) is 7.22. The predicted octanol–water partition coefficient (Wildman–Crippen LogP) is 2.16. The van der Waals surface area contributed by atoms with E-state index in [1.165, 1.54) is 0 Å². The highest BCUT2D eigenvalue weighted by atomic mass is 16.5. The second kappa shape index (κ2) is 3.81. The summed E-state index contributed by atoms with van der Waals surface area (Å²) in [5.74, 6) is 0.305. The second-order valence-electron chi connectivity index (χ2n) is 3.62. The maximum absolute atomic E-state index is 5.06. The van der Waals surface area contributed by atoms with E-state index in [9.17, 15) is 0 Å². The van der Waals surface area contributed by atoms with Gasteiger partial charge in [0.1, 0.15) is 5.52 Å². The molecular formula is C11H13N3O. The zero-order chi connectivity index (χ0) is 10.8. The van der Waals surface area contributed by atoms with E-state index in [1.54, 1.807) is 13.3 Å². The Hall–Kier alpha value is -1.71. The third-order valence-electron chi connectivity index (χ3n) is 2.19. The number of hydrogen-bond acceptors (Lipinski definition) is 4. The van der Waals surface area contributed by atoms with E-state index in [1.807, 2.05) is 12.1 Å². The van der Waals surface area contributed by atoms with Crippen molar-refractivity contribution < 1.29 is 4.74 Å². The van der Waals surface area contributed by atoms with Crippen LogP contribution in [0.5, 0.6) is 6.01 Å². The van der Waals surface area contributed by atoms with E-state index in [-0.39, 0.29) is 0 Å². The van der Waals surface area contributed by atoms with E-state index >= 15 is 0 Å². The van der Waals surface area contributed by atoms with Gasteiger partial charge in [0.15, 0.2) is 0 Å². The number of pyridine rings is 1. The number of aromatic nitrogens is 3. The molecule has 0 atom stereocenters. The zero-order valence-corrected chi connectivity index (χ0v) is 9.06. The van der Waals surface area contributed by atoms with Crippen molar-refractivity contribution >= 4 is 11.0 Å². The summed E-state index contributed by atoms with van der Waals surface area (Å²) in [6.45, 7) is 4.16. The van der Waals surface area contributed by atoms with E-state index < -0.39 is 0 Å². The Labute approximate surface area is 88.3 Å². The Bertz CT molecular complexity index is 482. The van der Waals surface area contributed by atoms with Crippen molar-refractivity contribution in [3.8, 4) is 6.01 Å². The van der Waals surface area contributed by atoms with Gasteiger partial charge < -0.3 is 4.74 Å². The Morgan fingerprint density at radius 2 is 2.07 bits per heavy atom. The molecular weight excluding hydrogens is 190 g/mol. The van der Waals surface area contributed by atoms with Crippen molar-refractivity contribution in [1.29, 1.82) is 0 Å². The molecule has 4 nitrogen and oxygen atoms in total. The number of rotatable bonds is 2. The Morgan fingerprint density at radius 3 is 2.73 bits per heavy atom. The number of hydrogen-bond donors (Lipinski definition) is 0. The molecule has 0 N–H and O–H groups in total. The fraction of sp³-hybridized carbons (Fsp3) is 0.364. The SMILES string of the molecule is COc1nc(C(C)C)c2ncccc2n1. The van der Waals surface area contributed by atoms with Gasteiger partial charge >= 0.3 is 6.01 Å². The molecule has 0 aliphatic carbocycles. The molecule has 0 unspecified atom stereocenters. The van der Waals surface area contributed by atoms with Gasteiger partial charge in [-0.1, -0.05) is 13.8 Å². The molecule has 0 spiro atoms. The second-order valence-corrected chi connectivity index (χ2v) is 3.62. The van der Waals surface area contributed by atoms with Gasteiger partial charge in [0.2, 0.25) is 0 Å². The summed E-state index contributed by atoms with van der Waals surface area (Å²) in [6.07, 6.45) is 1.75. The van der Waals surface area contributed by atoms with E-state index in [0.29, 0.717) is 11.9 Å². The molecule has 0 aliphatic rings. The summed E-state index contributed by atoms with van der Waals surface area (Å²) < 4.78 is 5.06. The van der Waals surface area contributed by atoms with Crippen LogP contribution in [0.15, 0.2) is 18.3 Å².